The van der Waals surface area contributed by atoms with Crippen LogP contribution >= 0.6 is 11.6 Å². The van der Waals surface area contributed by atoms with Crippen molar-refractivity contribution in [2.45, 2.75) is 38.6 Å². The zero-order valence-electron chi connectivity index (χ0n) is 11.8. The van der Waals surface area contributed by atoms with Gasteiger partial charge in [0.1, 0.15) is 0 Å². The summed E-state index contributed by atoms with van der Waals surface area (Å²) < 4.78 is 25.0. The van der Waals surface area contributed by atoms with Crippen molar-refractivity contribution in [3.63, 3.8) is 0 Å². The van der Waals surface area contributed by atoms with Gasteiger partial charge in [-0.05, 0) is 43.9 Å². The molecule has 1 atom stereocenters. The molecule has 1 saturated carbocycles. The van der Waals surface area contributed by atoms with Gasteiger partial charge in [-0.3, -0.25) is 4.72 Å². The fraction of sp³-hybridized carbons (Fsp3) is 0.571. The number of rotatable bonds is 5. The molecular formula is C14H21ClN2O2S. The third-order valence-electron chi connectivity index (χ3n) is 3.76. The molecule has 0 heterocycles. The van der Waals surface area contributed by atoms with E-state index in [2.05, 4.69) is 17.0 Å². The van der Waals surface area contributed by atoms with Gasteiger partial charge in [0, 0.05) is 6.04 Å². The van der Waals surface area contributed by atoms with Crippen LogP contribution in [0.3, 0.4) is 0 Å². The largest absolute Gasteiger partial charge is 0.381 e. The van der Waals surface area contributed by atoms with Gasteiger partial charge in [-0.2, -0.15) is 0 Å². The Labute approximate surface area is 126 Å². The number of hydrogen-bond acceptors (Lipinski definition) is 3. The van der Waals surface area contributed by atoms with Gasteiger partial charge in [-0.1, -0.05) is 24.4 Å². The highest BCUT2D eigenvalue weighted by atomic mass is 35.5. The zero-order valence-corrected chi connectivity index (χ0v) is 13.4. The van der Waals surface area contributed by atoms with E-state index in [0.717, 1.165) is 11.9 Å². The molecule has 6 heteroatoms. The van der Waals surface area contributed by atoms with Crippen molar-refractivity contribution >= 4 is 33.0 Å². The number of anilines is 2. The number of sulfonamides is 1. The summed E-state index contributed by atoms with van der Waals surface area (Å²) >= 11 is 6.18. The first-order chi connectivity index (χ1) is 9.35. The highest BCUT2D eigenvalue weighted by Crippen LogP contribution is 2.32. The van der Waals surface area contributed by atoms with Gasteiger partial charge in [0.2, 0.25) is 10.0 Å². The Balaban J connectivity index is 2.11. The minimum absolute atomic E-state index is 0.337. The second-order valence-electron chi connectivity index (χ2n) is 5.55. The Morgan fingerprint density at radius 2 is 1.95 bits per heavy atom. The van der Waals surface area contributed by atoms with E-state index in [1.807, 2.05) is 0 Å². The van der Waals surface area contributed by atoms with Crippen LogP contribution in [0.4, 0.5) is 11.4 Å². The molecule has 0 bridgehead atoms. The van der Waals surface area contributed by atoms with Crippen molar-refractivity contribution in [3.8, 4) is 0 Å². The molecule has 1 aromatic rings. The maximum atomic E-state index is 11.3. The Hall–Kier alpha value is -0.940. The first kappa shape index (κ1) is 15.4. The first-order valence-electron chi connectivity index (χ1n) is 6.89. The lowest BCUT2D eigenvalue weighted by atomic mass is 9.99. The molecule has 1 aromatic carbocycles. The molecule has 20 heavy (non-hydrogen) atoms. The Kier molecular flexibility index (Phi) is 4.81. The summed E-state index contributed by atoms with van der Waals surface area (Å²) in [6, 6.07) is 5.45. The second kappa shape index (κ2) is 6.22. The molecule has 2 N–H and O–H groups in total. The van der Waals surface area contributed by atoms with Gasteiger partial charge in [0.05, 0.1) is 22.7 Å². The highest BCUT2D eigenvalue weighted by Gasteiger charge is 2.22. The first-order valence-corrected chi connectivity index (χ1v) is 9.16. The number of benzene rings is 1. The molecule has 0 saturated heterocycles. The number of hydrogen-bond donors (Lipinski definition) is 2. The van der Waals surface area contributed by atoms with E-state index in [-0.39, 0.29) is 0 Å². The van der Waals surface area contributed by atoms with E-state index in [1.54, 1.807) is 18.2 Å². The molecule has 2 rings (SSSR count). The second-order valence-corrected chi connectivity index (χ2v) is 7.70. The maximum absolute atomic E-state index is 11.3. The SMILES string of the molecule is CC(Nc1cc(NS(C)(=O)=O)ccc1Cl)C1CCCC1. The normalized spacial score (nSPS) is 17.9. The Bertz CT molecular complexity index is 569. The molecule has 0 aliphatic heterocycles. The highest BCUT2D eigenvalue weighted by molar-refractivity contribution is 7.92. The van der Waals surface area contributed by atoms with Crippen LogP contribution in [-0.4, -0.2) is 20.7 Å². The average molecular weight is 317 g/mol. The molecular weight excluding hydrogens is 296 g/mol. The van der Waals surface area contributed by atoms with Crippen LogP contribution in [0.1, 0.15) is 32.6 Å². The molecule has 0 amide bonds. The van der Waals surface area contributed by atoms with E-state index < -0.39 is 10.0 Å². The van der Waals surface area contributed by atoms with Crippen LogP contribution in [0.25, 0.3) is 0 Å². The molecule has 0 radical (unpaired) electrons. The summed E-state index contributed by atoms with van der Waals surface area (Å²) in [6.45, 7) is 2.16. The van der Waals surface area contributed by atoms with Crippen LogP contribution in [0.15, 0.2) is 18.2 Å². The third kappa shape index (κ3) is 4.28. The predicted octanol–water partition coefficient (Wildman–Crippen LogP) is 3.70. The van der Waals surface area contributed by atoms with E-state index in [1.165, 1.54) is 25.7 Å². The molecule has 112 valence electrons. The lowest BCUT2D eigenvalue weighted by molar-refractivity contribution is 0.482. The predicted molar refractivity (Wildman–Crippen MR) is 85.0 cm³/mol. The van der Waals surface area contributed by atoms with Crippen molar-refractivity contribution in [1.29, 1.82) is 0 Å². The average Bonchev–Trinajstić information content (AvgIpc) is 2.85. The molecule has 1 fully saturated rings. The van der Waals surface area contributed by atoms with Crippen LogP contribution in [0, 0.1) is 5.92 Å². The van der Waals surface area contributed by atoms with Crippen LogP contribution in [-0.2, 0) is 10.0 Å². The summed E-state index contributed by atoms with van der Waals surface area (Å²) in [5, 5.41) is 4.02. The summed E-state index contributed by atoms with van der Waals surface area (Å²) in [6.07, 6.45) is 6.20. The summed E-state index contributed by atoms with van der Waals surface area (Å²) in [5.74, 6) is 0.664. The molecule has 4 nitrogen and oxygen atoms in total. The van der Waals surface area contributed by atoms with Crippen molar-refractivity contribution in [2.24, 2.45) is 5.92 Å². The summed E-state index contributed by atoms with van der Waals surface area (Å²) in [5.41, 5.74) is 1.30. The van der Waals surface area contributed by atoms with E-state index in [9.17, 15) is 8.42 Å². The monoisotopic (exact) mass is 316 g/mol. The molecule has 1 aliphatic rings. The van der Waals surface area contributed by atoms with Gasteiger partial charge in [0.15, 0.2) is 0 Å². The number of nitrogens with one attached hydrogen (secondary N) is 2. The lowest BCUT2D eigenvalue weighted by Crippen LogP contribution is -2.24. The van der Waals surface area contributed by atoms with E-state index >= 15 is 0 Å². The van der Waals surface area contributed by atoms with Crippen molar-refractivity contribution in [2.75, 3.05) is 16.3 Å². The topological polar surface area (TPSA) is 58.2 Å². The van der Waals surface area contributed by atoms with Gasteiger partial charge < -0.3 is 5.32 Å². The van der Waals surface area contributed by atoms with Crippen molar-refractivity contribution in [1.82, 2.24) is 0 Å². The summed E-state index contributed by atoms with van der Waals surface area (Å²) in [7, 11) is -3.27. The summed E-state index contributed by atoms with van der Waals surface area (Å²) in [4.78, 5) is 0. The number of halogens is 1. The van der Waals surface area contributed by atoms with Gasteiger partial charge in [-0.25, -0.2) is 8.42 Å². The fourth-order valence-corrected chi connectivity index (χ4v) is 3.46. The van der Waals surface area contributed by atoms with Crippen LogP contribution in [0.5, 0.6) is 0 Å². The Morgan fingerprint density at radius 1 is 1.30 bits per heavy atom. The van der Waals surface area contributed by atoms with E-state index in [4.69, 9.17) is 11.6 Å². The van der Waals surface area contributed by atoms with Crippen molar-refractivity contribution in [3.05, 3.63) is 23.2 Å². The third-order valence-corrected chi connectivity index (χ3v) is 4.70. The quantitative estimate of drug-likeness (QED) is 0.870. The van der Waals surface area contributed by atoms with Gasteiger partial charge in [0.25, 0.3) is 0 Å². The maximum Gasteiger partial charge on any atom is 0.229 e. The molecule has 0 aromatic heterocycles. The molecule has 1 aliphatic carbocycles. The molecule has 1 unspecified atom stereocenters. The van der Waals surface area contributed by atoms with E-state index in [0.29, 0.717) is 22.7 Å². The standard InChI is InChI=1S/C14H21ClN2O2S/c1-10(11-5-3-4-6-11)16-14-9-12(7-8-13(14)15)17-20(2,18)19/h7-11,16-17H,3-6H2,1-2H3. The fourth-order valence-electron chi connectivity index (χ4n) is 2.73. The van der Waals surface area contributed by atoms with Crippen LogP contribution in [0.2, 0.25) is 5.02 Å². The molecule has 0 spiro atoms. The van der Waals surface area contributed by atoms with Crippen LogP contribution < -0.4 is 10.0 Å². The Morgan fingerprint density at radius 3 is 2.55 bits per heavy atom. The minimum atomic E-state index is -3.27. The van der Waals surface area contributed by atoms with Crippen molar-refractivity contribution < 1.29 is 8.42 Å². The minimum Gasteiger partial charge on any atom is -0.381 e. The lowest BCUT2D eigenvalue weighted by Gasteiger charge is -2.22. The smallest absolute Gasteiger partial charge is 0.229 e. The van der Waals surface area contributed by atoms with Gasteiger partial charge >= 0.3 is 0 Å². The zero-order chi connectivity index (χ0) is 14.8. The van der Waals surface area contributed by atoms with Gasteiger partial charge in [-0.15, -0.1) is 0 Å².